The molecule has 0 saturated carbocycles. The number of hydrogen-bond acceptors (Lipinski definition) is 4. The van der Waals surface area contributed by atoms with E-state index in [2.05, 4.69) is 45.2 Å². The highest BCUT2D eigenvalue weighted by atomic mass is 16.5. The first kappa shape index (κ1) is 13.1. The SMILES string of the molecule is CCn1cnnc1CCNCc1ccc2c(c1)CCO2. The number of rotatable bonds is 6. The molecule has 1 aliphatic heterocycles. The molecule has 0 unspecified atom stereocenters. The Morgan fingerprint density at radius 3 is 3.25 bits per heavy atom. The van der Waals surface area contributed by atoms with Crippen molar-refractivity contribution in [3.05, 3.63) is 41.5 Å². The van der Waals surface area contributed by atoms with E-state index in [-0.39, 0.29) is 0 Å². The van der Waals surface area contributed by atoms with Gasteiger partial charge >= 0.3 is 0 Å². The molecule has 5 nitrogen and oxygen atoms in total. The fourth-order valence-corrected chi connectivity index (χ4v) is 2.52. The van der Waals surface area contributed by atoms with Gasteiger partial charge in [-0.25, -0.2) is 0 Å². The highest BCUT2D eigenvalue weighted by Crippen LogP contribution is 2.25. The molecule has 0 spiro atoms. The van der Waals surface area contributed by atoms with Gasteiger partial charge in [-0.2, -0.15) is 0 Å². The van der Waals surface area contributed by atoms with Crippen molar-refractivity contribution in [2.75, 3.05) is 13.2 Å². The third-order valence-corrected chi connectivity index (χ3v) is 3.64. The standard InChI is InChI=1S/C15H20N4O/c1-2-19-11-17-18-15(19)5-7-16-10-12-3-4-14-13(9-12)6-8-20-14/h3-4,9,11,16H,2,5-8,10H2,1H3. The van der Waals surface area contributed by atoms with Crippen molar-refractivity contribution in [3.8, 4) is 5.75 Å². The lowest BCUT2D eigenvalue weighted by Crippen LogP contribution is -2.18. The zero-order chi connectivity index (χ0) is 13.8. The van der Waals surface area contributed by atoms with Gasteiger partial charge in [0.05, 0.1) is 6.61 Å². The monoisotopic (exact) mass is 272 g/mol. The molecule has 1 N–H and O–H groups in total. The molecule has 0 bridgehead atoms. The van der Waals surface area contributed by atoms with Crippen LogP contribution in [0.4, 0.5) is 0 Å². The Labute approximate surface area is 119 Å². The maximum atomic E-state index is 5.52. The van der Waals surface area contributed by atoms with Gasteiger partial charge in [-0.1, -0.05) is 12.1 Å². The lowest BCUT2D eigenvalue weighted by atomic mass is 10.1. The molecule has 0 radical (unpaired) electrons. The third-order valence-electron chi connectivity index (χ3n) is 3.64. The molecule has 106 valence electrons. The average Bonchev–Trinajstić information content (AvgIpc) is 3.11. The van der Waals surface area contributed by atoms with Gasteiger partial charge in [-0.3, -0.25) is 0 Å². The Morgan fingerprint density at radius 2 is 2.35 bits per heavy atom. The number of hydrogen-bond donors (Lipinski definition) is 1. The molecule has 0 atom stereocenters. The van der Waals surface area contributed by atoms with E-state index in [9.17, 15) is 0 Å². The minimum Gasteiger partial charge on any atom is -0.493 e. The Kier molecular flexibility index (Phi) is 3.97. The van der Waals surface area contributed by atoms with Crippen LogP contribution in [-0.2, 0) is 25.9 Å². The summed E-state index contributed by atoms with van der Waals surface area (Å²) in [5.41, 5.74) is 2.64. The second kappa shape index (κ2) is 6.05. The van der Waals surface area contributed by atoms with Crippen LogP contribution in [0.3, 0.4) is 0 Å². The molecule has 0 amide bonds. The molecule has 2 heterocycles. The molecule has 1 aliphatic rings. The number of ether oxygens (including phenoxy) is 1. The van der Waals surface area contributed by atoms with Crippen molar-refractivity contribution in [1.82, 2.24) is 20.1 Å². The third kappa shape index (κ3) is 2.82. The van der Waals surface area contributed by atoms with E-state index in [1.54, 1.807) is 6.33 Å². The van der Waals surface area contributed by atoms with E-state index in [4.69, 9.17) is 4.74 Å². The van der Waals surface area contributed by atoms with E-state index in [0.29, 0.717) is 0 Å². The topological polar surface area (TPSA) is 52.0 Å². The fraction of sp³-hybridized carbons (Fsp3) is 0.467. The van der Waals surface area contributed by atoms with Gasteiger partial charge in [-0.15, -0.1) is 10.2 Å². The highest BCUT2D eigenvalue weighted by Gasteiger charge is 2.11. The summed E-state index contributed by atoms with van der Waals surface area (Å²) in [5.74, 6) is 2.09. The summed E-state index contributed by atoms with van der Waals surface area (Å²) >= 11 is 0. The van der Waals surface area contributed by atoms with Crippen molar-refractivity contribution in [2.45, 2.75) is 32.9 Å². The number of nitrogens with zero attached hydrogens (tertiary/aromatic N) is 3. The van der Waals surface area contributed by atoms with Crippen LogP contribution in [0.5, 0.6) is 5.75 Å². The zero-order valence-electron chi connectivity index (χ0n) is 11.8. The van der Waals surface area contributed by atoms with Crippen molar-refractivity contribution >= 4 is 0 Å². The molecule has 0 aliphatic carbocycles. The van der Waals surface area contributed by atoms with Crippen LogP contribution in [-0.4, -0.2) is 27.9 Å². The highest BCUT2D eigenvalue weighted by molar-refractivity contribution is 5.39. The summed E-state index contributed by atoms with van der Waals surface area (Å²) in [7, 11) is 0. The summed E-state index contributed by atoms with van der Waals surface area (Å²) in [5, 5.41) is 11.5. The molecule has 0 saturated heterocycles. The van der Waals surface area contributed by atoms with Gasteiger partial charge in [0.25, 0.3) is 0 Å². The summed E-state index contributed by atoms with van der Waals surface area (Å²) < 4.78 is 7.59. The minimum absolute atomic E-state index is 0.818. The molecule has 2 aromatic rings. The Balaban J connectivity index is 1.48. The average molecular weight is 272 g/mol. The molecule has 0 fully saturated rings. The predicted molar refractivity (Wildman–Crippen MR) is 76.7 cm³/mol. The van der Waals surface area contributed by atoms with Gasteiger partial charge < -0.3 is 14.6 Å². The van der Waals surface area contributed by atoms with Crippen LogP contribution in [0.1, 0.15) is 23.9 Å². The van der Waals surface area contributed by atoms with Crippen LogP contribution >= 0.6 is 0 Å². The van der Waals surface area contributed by atoms with Crippen LogP contribution in [0, 0.1) is 0 Å². The number of benzene rings is 1. The Morgan fingerprint density at radius 1 is 1.40 bits per heavy atom. The smallest absolute Gasteiger partial charge is 0.134 e. The van der Waals surface area contributed by atoms with Gasteiger partial charge in [0, 0.05) is 32.5 Å². The maximum Gasteiger partial charge on any atom is 0.134 e. The normalized spacial score (nSPS) is 13.2. The molecule has 1 aromatic carbocycles. The second-order valence-corrected chi connectivity index (χ2v) is 5.00. The van der Waals surface area contributed by atoms with E-state index in [1.807, 2.05) is 0 Å². The first-order valence-electron chi connectivity index (χ1n) is 7.19. The van der Waals surface area contributed by atoms with Crippen LogP contribution in [0.2, 0.25) is 0 Å². The Bertz CT molecular complexity index is 579. The number of fused-ring (bicyclic) bond motifs is 1. The van der Waals surface area contributed by atoms with Crippen molar-refractivity contribution in [3.63, 3.8) is 0 Å². The summed E-state index contributed by atoms with van der Waals surface area (Å²) in [6.07, 6.45) is 3.72. The summed E-state index contributed by atoms with van der Waals surface area (Å²) in [4.78, 5) is 0. The largest absolute Gasteiger partial charge is 0.493 e. The minimum atomic E-state index is 0.818. The summed E-state index contributed by atoms with van der Waals surface area (Å²) in [6.45, 7) is 5.64. The molecular weight excluding hydrogens is 252 g/mol. The molecule has 20 heavy (non-hydrogen) atoms. The molecule has 1 aromatic heterocycles. The second-order valence-electron chi connectivity index (χ2n) is 5.00. The van der Waals surface area contributed by atoms with Gasteiger partial charge in [-0.05, 0) is 24.1 Å². The first-order chi connectivity index (χ1) is 9.86. The van der Waals surface area contributed by atoms with E-state index < -0.39 is 0 Å². The Hall–Kier alpha value is -1.88. The van der Waals surface area contributed by atoms with E-state index in [1.165, 1.54) is 11.1 Å². The fourth-order valence-electron chi connectivity index (χ4n) is 2.52. The maximum absolute atomic E-state index is 5.52. The van der Waals surface area contributed by atoms with E-state index >= 15 is 0 Å². The lowest BCUT2D eigenvalue weighted by molar-refractivity contribution is 0.357. The first-order valence-corrected chi connectivity index (χ1v) is 7.19. The van der Waals surface area contributed by atoms with Gasteiger partial charge in [0.15, 0.2) is 0 Å². The molecule has 5 heteroatoms. The van der Waals surface area contributed by atoms with Crippen molar-refractivity contribution < 1.29 is 4.74 Å². The van der Waals surface area contributed by atoms with Crippen molar-refractivity contribution in [2.24, 2.45) is 0 Å². The van der Waals surface area contributed by atoms with Crippen LogP contribution < -0.4 is 10.1 Å². The van der Waals surface area contributed by atoms with Gasteiger partial charge in [0.1, 0.15) is 17.9 Å². The molecular formula is C15H20N4O. The summed E-state index contributed by atoms with van der Waals surface area (Å²) in [6, 6.07) is 6.45. The van der Waals surface area contributed by atoms with Crippen LogP contribution in [0.15, 0.2) is 24.5 Å². The van der Waals surface area contributed by atoms with E-state index in [0.717, 1.165) is 50.7 Å². The van der Waals surface area contributed by atoms with Crippen LogP contribution in [0.25, 0.3) is 0 Å². The van der Waals surface area contributed by atoms with Gasteiger partial charge in [0.2, 0.25) is 0 Å². The number of aryl methyl sites for hydroxylation is 1. The predicted octanol–water partition coefficient (Wildman–Crippen LogP) is 1.57. The number of nitrogens with one attached hydrogen (secondary N) is 1. The number of aromatic nitrogens is 3. The lowest BCUT2D eigenvalue weighted by Gasteiger charge is -2.07. The zero-order valence-corrected chi connectivity index (χ0v) is 11.8. The van der Waals surface area contributed by atoms with Crippen molar-refractivity contribution in [1.29, 1.82) is 0 Å². The molecule has 3 rings (SSSR count). The quantitative estimate of drug-likeness (QED) is 0.811.